The zero-order valence-electron chi connectivity index (χ0n) is 20.9. The molecular weight excluding hydrogens is 734 g/mol. The molecule has 2 aliphatic rings. The number of allylic oxidation sites excluding steroid dienone is 1. The van der Waals surface area contributed by atoms with Gasteiger partial charge in [-0.2, -0.15) is 0 Å². The molecule has 5 rings (SSSR count). The van der Waals surface area contributed by atoms with E-state index < -0.39 is 12.0 Å². The number of fused-ring (bicyclic) bond motifs is 2. The number of benzene rings is 2. The SMILES string of the molecule is CCCC1=C(C(=O)OCC)[C@@H](c2ccc3c(c2)OCO3)n2c(s/c(=C\c3cc(I)cc(I)c3OC)c2=O)=N1. The molecule has 2 aromatic carbocycles. The average molecular weight is 758 g/mol. The van der Waals surface area contributed by atoms with Crippen molar-refractivity contribution in [1.29, 1.82) is 0 Å². The van der Waals surface area contributed by atoms with E-state index in [1.54, 1.807) is 24.7 Å². The van der Waals surface area contributed by atoms with Crippen LogP contribution in [0.3, 0.4) is 0 Å². The molecule has 0 aliphatic carbocycles. The van der Waals surface area contributed by atoms with Crippen molar-refractivity contribution in [3.63, 3.8) is 0 Å². The van der Waals surface area contributed by atoms with Crippen molar-refractivity contribution in [2.75, 3.05) is 20.5 Å². The minimum atomic E-state index is -0.721. The second-order valence-corrected chi connectivity index (χ2v) is 12.0. The molecule has 0 N–H and O–H groups in total. The topological polar surface area (TPSA) is 88.4 Å². The summed E-state index contributed by atoms with van der Waals surface area (Å²) in [6, 6.07) is 8.75. The van der Waals surface area contributed by atoms with Gasteiger partial charge in [0.2, 0.25) is 6.79 Å². The molecule has 3 aromatic rings. The average Bonchev–Trinajstić information content (AvgIpc) is 3.47. The van der Waals surface area contributed by atoms with Crippen LogP contribution in [0.15, 0.2) is 51.4 Å². The van der Waals surface area contributed by atoms with Crippen LogP contribution < -0.4 is 29.1 Å². The molecule has 0 fully saturated rings. The zero-order chi connectivity index (χ0) is 27.0. The summed E-state index contributed by atoms with van der Waals surface area (Å²) >= 11 is 5.77. The highest BCUT2D eigenvalue weighted by Crippen LogP contribution is 2.39. The van der Waals surface area contributed by atoms with Crippen LogP contribution in [0.2, 0.25) is 0 Å². The van der Waals surface area contributed by atoms with Crippen molar-refractivity contribution in [3.05, 3.63) is 79.6 Å². The van der Waals surface area contributed by atoms with E-state index >= 15 is 0 Å². The molecule has 11 heteroatoms. The van der Waals surface area contributed by atoms with Crippen LogP contribution in [0.5, 0.6) is 17.2 Å². The molecule has 1 atom stereocenters. The molecule has 0 saturated carbocycles. The van der Waals surface area contributed by atoms with E-state index in [4.69, 9.17) is 23.9 Å². The quantitative estimate of drug-likeness (QED) is 0.260. The summed E-state index contributed by atoms with van der Waals surface area (Å²) in [6.45, 7) is 4.13. The Bertz CT molecular complexity index is 1640. The lowest BCUT2D eigenvalue weighted by Gasteiger charge is -2.25. The molecule has 0 bridgehead atoms. The molecule has 0 saturated heterocycles. The summed E-state index contributed by atoms with van der Waals surface area (Å²) in [5.74, 6) is 1.41. The fourth-order valence-corrected chi connectivity index (χ4v) is 7.68. The van der Waals surface area contributed by atoms with Crippen molar-refractivity contribution in [1.82, 2.24) is 4.57 Å². The van der Waals surface area contributed by atoms with Crippen LogP contribution in [-0.2, 0) is 9.53 Å². The third kappa shape index (κ3) is 4.99. The summed E-state index contributed by atoms with van der Waals surface area (Å²) in [6.07, 6.45) is 3.18. The van der Waals surface area contributed by atoms with E-state index in [1.807, 2.05) is 37.3 Å². The fourth-order valence-electron chi connectivity index (χ4n) is 4.56. The number of hydrogen-bond acceptors (Lipinski definition) is 8. The van der Waals surface area contributed by atoms with Crippen LogP contribution in [0.4, 0.5) is 0 Å². The van der Waals surface area contributed by atoms with E-state index in [2.05, 4.69) is 45.2 Å². The van der Waals surface area contributed by atoms with Crippen molar-refractivity contribution in [3.8, 4) is 17.2 Å². The normalized spacial score (nSPS) is 16.3. The Balaban J connectivity index is 1.78. The predicted octanol–water partition coefficient (Wildman–Crippen LogP) is 4.53. The third-order valence-electron chi connectivity index (χ3n) is 6.13. The molecule has 0 unspecified atom stereocenters. The number of halogens is 2. The molecule has 3 heterocycles. The molecule has 0 spiro atoms. The Labute approximate surface area is 250 Å². The minimum absolute atomic E-state index is 0.125. The van der Waals surface area contributed by atoms with Gasteiger partial charge in [0, 0.05) is 9.13 Å². The summed E-state index contributed by atoms with van der Waals surface area (Å²) in [7, 11) is 1.62. The first-order valence-electron chi connectivity index (χ1n) is 12.0. The molecule has 198 valence electrons. The number of carbonyl (C=O) groups is 1. The maximum absolute atomic E-state index is 14.0. The number of hydrogen-bond donors (Lipinski definition) is 0. The summed E-state index contributed by atoms with van der Waals surface area (Å²) in [5, 5.41) is 0. The Morgan fingerprint density at radius 1 is 1.21 bits per heavy atom. The van der Waals surface area contributed by atoms with Crippen molar-refractivity contribution in [2.24, 2.45) is 4.99 Å². The third-order valence-corrected chi connectivity index (χ3v) is 8.54. The maximum Gasteiger partial charge on any atom is 0.338 e. The van der Waals surface area contributed by atoms with E-state index in [1.165, 1.54) is 11.3 Å². The van der Waals surface area contributed by atoms with Crippen LogP contribution in [0.1, 0.15) is 43.9 Å². The smallest absolute Gasteiger partial charge is 0.338 e. The lowest BCUT2D eigenvalue weighted by molar-refractivity contribution is -0.139. The van der Waals surface area contributed by atoms with Gasteiger partial charge in [0.05, 0.1) is 39.1 Å². The number of methoxy groups -OCH3 is 1. The van der Waals surface area contributed by atoms with E-state index in [9.17, 15) is 9.59 Å². The fraction of sp³-hybridized carbons (Fsp3) is 0.296. The first-order valence-corrected chi connectivity index (χ1v) is 15.0. The number of aromatic nitrogens is 1. The molecule has 0 radical (unpaired) electrons. The van der Waals surface area contributed by atoms with Gasteiger partial charge in [-0.05, 0) is 94.4 Å². The lowest BCUT2D eigenvalue weighted by atomic mass is 9.94. The highest BCUT2D eigenvalue weighted by Gasteiger charge is 2.35. The van der Waals surface area contributed by atoms with Gasteiger partial charge in [-0.1, -0.05) is 30.7 Å². The van der Waals surface area contributed by atoms with Crippen LogP contribution >= 0.6 is 56.5 Å². The highest BCUT2D eigenvalue weighted by molar-refractivity contribution is 14.1. The standard InChI is InChI=1S/C27H24I2N2O6S/c1-4-6-18-22(26(33)35-5-2)23(14-7-8-19-20(10-14)37-13-36-19)31-25(32)21(38-27(31)30-18)11-15-9-16(28)12-17(29)24(15)34-3/h7-12,23H,4-6,13H2,1-3H3/b21-11-/t23-/m1/s1. The van der Waals surface area contributed by atoms with Gasteiger partial charge in [-0.15, -0.1) is 0 Å². The van der Waals surface area contributed by atoms with E-state index in [-0.39, 0.29) is 19.0 Å². The van der Waals surface area contributed by atoms with Gasteiger partial charge in [0.1, 0.15) is 5.75 Å². The Hall–Kier alpha value is -2.39. The summed E-state index contributed by atoms with van der Waals surface area (Å²) in [4.78, 5) is 32.7. The van der Waals surface area contributed by atoms with Crippen molar-refractivity contribution < 1.29 is 23.7 Å². The summed E-state index contributed by atoms with van der Waals surface area (Å²) < 4.78 is 26.3. The van der Waals surface area contributed by atoms with Crippen LogP contribution in [0.25, 0.3) is 6.08 Å². The Morgan fingerprint density at radius 2 is 2.00 bits per heavy atom. The number of esters is 1. The van der Waals surface area contributed by atoms with Gasteiger partial charge >= 0.3 is 5.97 Å². The number of ether oxygens (including phenoxy) is 4. The van der Waals surface area contributed by atoms with E-state index in [0.717, 1.165) is 24.7 Å². The van der Waals surface area contributed by atoms with Crippen LogP contribution in [-0.4, -0.2) is 31.0 Å². The second kappa shape index (κ2) is 11.4. The second-order valence-electron chi connectivity index (χ2n) is 8.54. The van der Waals surface area contributed by atoms with E-state index in [0.29, 0.717) is 44.3 Å². The lowest BCUT2D eigenvalue weighted by Crippen LogP contribution is -2.40. The molecule has 38 heavy (non-hydrogen) atoms. The Kier molecular flexibility index (Phi) is 8.14. The molecule has 1 aromatic heterocycles. The minimum Gasteiger partial charge on any atom is -0.495 e. The first-order chi connectivity index (χ1) is 18.4. The van der Waals surface area contributed by atoms with Gasteiger partial charge in [-0.3, -0.25) is 9.36 Å². The molecule has 2 aliphatic heterocycles. The number of nitrogens with zero attached hydrogens (tertiary/aromatic N) is 2. The van der Waals surface area contributed by atoms with Gasteiger partial charge in [-0.25, -0.2) is 9.79 Å². The molecule has 0 amide bonds. The predicted molar refractivity (Wildman–Crippen MR) is 161 cm³/mol. The van der Waals surface area contributed by atoms with Crippen LogP contribution in [0, 0.1) is 7.14 Å². The summed E-state index contributed by atoms with van der Waals surface area (Å²) in [5.41, 5.74) is 2.27. The first kappa shape index (κ1) is 27.2. The van der Waals surface area contributed by atoms with Gasteiger partial charge < -0.3 is 18.9 Å². The highest BCUT2D eigenvalue weighted by atomic mass is 127. The van der Waals surface area contributed by atoms with Crippen molar-refractivity contribution >= 4 is 68.6 Å². The van der Waals surface area contributed by atoms with Crippen molar-refractivity contribution in [2.45, 2.75) is 32.7 Å². The van der Waals surface area contributed by atoms with Gasteiger partial charge in [0.25, 0.3) is 5.56 Å². The zero-order valence-corrected chi connectivity index (χ0v) is 26.0. The monoisotopic (exact) mass is 758 g/mol. The number of rotatable bonds is 7. The van der Waals surface area contributed by atoms with Gasteiger partial charge in [0.15, 0.2) is 16.3 Å². The molecule has 8 nitrogen and oxygen atoms in total. The number of carbonyl (C=O) groups excluding carboxylic acids is 1. The number of thiazole rings is 1. The largest absolute Gasteiger partial charge is 0.495 e. The maximum atomic E-state index is 14.0. The Morgan fingerprint density at radius 3 is 2.74 bits per heavy atom. The molecular formula is C27H24I2N2O6S.